The smallest absolute Gasteiger partial charge is 0.211 e. The summed E-state index contributed by atoms with van der Waals surface area (Å²) in [5, 5.41) is 0.550. The van der Waals surface area contributed by atoms with E-state index >= 15 is 0 Å². The molecule has 0 aliphatic carbocycles. The number of halogens is 2. The van der Waals surface area contributed by atoms with E-state index in [1.807, 2.05) is 14.1 Å². The van der Waals surface area contributed by atoms with Gasteiger partial charge >= 0.3 is 0 Å². The molecule has 1 heterocycles. The molecule has 0 aliphatic heterocycles. The molecule has 0 aliphatic rings. The maximum atomic E-state index is 13.5. The highest BCUT2D eigenvalue weighted by molar-refractivity contribution is 9.10. The summed E-state index contributed by atoms with van der Waals surface area (Å²) in [6, 6.07) is 3.07. The van der Waals surface area contributed by atoms with E-state index in [2.05, 4.69) is 25.9 Å². The summed E-state index contributed by atoms with van der Waals surface area (Å²) in [7, 11) is 3.74. The van der Waals surface area contributed by atoms with Crippen molar-refractivity contribution in [1.82, 2.24) is 9.88 Å². The molecule has 84 valence electrons. The SMILES string of the molecule is CN(C)C=Nc1nc2c(Br)ccc(F)c2s1. The quantitative estimate of drug-likeness (QED) is 0.628. The van der Waals surface area contributed by atoms with Crippen molar-refractivity contribution in [3.63, 3.8) is 0 Å². The van der Waals surface area contributed by atoms with E-state index in [9.17, 15) is 4.39 Å². The maximum absolute atomic E-state index is 13.5. The van der Waals surface area contributed by atoms with Gasteiger partial charge in [-0.25, -0.2) is 14.4 Å². The lowest BCUT2D eigenvalue weighted by Gasteiger charge is -1.99. The molecule has 0 saturated heterocycles. The first kappa shape index (κ1) is 11.5. The monoisotopic (exact) mass is 301 g/mol. The summed E-state index contributed by atoms with van der Waals surface area (Å²) in [6.07, 6.45) is 1.64. The van der Waals surface area contributed by atoms with Crippen LogP contribution in [0, 0.1) is 5.82 Å². The molecule has 6 heteroatoms. The third-order valence-corrected chi connectivity index (χ3v) is 3.45. The van der Waals surface area contributed by atoms with E-state index in [1.165, 1.54) is 17.4 Å². The molecule has 0 saturated carbocycles. The van der Waals surface area contributed by atoms with Crippen molar-refractivity contribution < 1.29 is 4.39 Å². The van der Waals surface area contributed by atoms with Gasteiger partial charge in [-0.1, -0.05) is 11.3 Å². The van der Waals surface area contributed by atoms with Crippen LogP contribution >= 0.6 is 27.3 Å². The van der Waals surface area contributed by atoms with Crippen LogP contribution in [-0.2, 0) is 0 Å². The van der Waals surface area contributed by atoms with Gasteiger partial charge in [0.25, 0.3) is 0 Å². The minimum absolute atomic E-state index is 0.262. The van der Waals surface area contributed by atoms with Crippen LogP contribution < -0.4 is 0 Å². The molecule has 0 N–H and O–H groups in total. The fraction of sp³-hybridized carbons (Fsp3) is 0.200. The molecule has 0 radical (unpaired) electrons. The average molecular weight is 302 g/mol. The molecule has 0 unspecified atom stereocenters. The van der Waals surface area contributed by atoms with Crippen LogP contribution in [0.25, 0.3) is 10.2 Å². The normalized spacial score (nSPS) is 11.5. The summed E-state index contributed by atoms with van der Waals surface area (Å²) >= 11 is 4.58. The van der Waals surface area contributed by atoms with E-state index in [0.29, 0.717) is 15.3 Å². The zero-order valence-corrected chi connectivity index (χ0v) is 11.1. The van der Waals surface area contributed by atoms with Crippen LogP contribution in [0.15, 0.2) is 21.6 Å². The van der Waals surface area contributed by atoms with E-state index in [4.69, 9.17) is 0 Å². The van der Waals surface area contributed by atoms with Crippen molar-refractivity contribution in [3.8, 4) is 0 Å². The maximum Gasteiger partial charge on any atom is 0.211 e. The van der Waals surface area contributed by atoms with Gasteiger partial charge in [0.1, 0.15) is 11.3 Å². The Morgan fingerprint density at radius 1 is 1.50 bits per heavy atom. The topological polar surface area (TPSA) is 28.5 Å². The highest BCUT2D eigenvalue weighted by atomic mass is 79.9. The van der Waals surface area contributed by atoms with Crippen molar-refractivity contribution in [2.45, 2.75) is 0 Å². The van der Waals surface area contributed by atoms with Crippen molar-refractivity contribution in [1.29, 1.82) is 0 Å². The summed E-state index contributed by atoms with van der Waals surface area (Å²) in [4.78, 5) is 10.2. The van der Waals surface area contributed by atoms with Gasteiger partial charge in [0.2, 0.25) is 5.13 Å². The van der Waals surface area contributed by atoms with Gasteiger partial charge in [-0.05, 0) is 28.1 Å². The summed E-state index contributed by atoms with van der Waals surface area (Å²) in [5.41, 5.74) is 0.621. The first-order chi connectivity index (χ1) is 7.58. The first-order valence-corrected chi connectivity index (χ1v) is 6.14. The van der Waals surface area contributed by atoms with Crippen molar-refractivity contribution in [2.75, 3.05) is 14.1 Å². The average Bonchev–Trinajstić information content (AvgIpc) is 2.66. The third kappa shape index (κ3) is 2.22. The Morgan fingerprint density at radius 2 is 2.25 bits per heavy atom. The predicted molar refractivity (Wildman–Crippen MR) is 69.1 cm³/mol. The Labute approximate surface area is 105 Å². The van der Waals surface area contributed by atoms with Crippen LogP contribution in [0.2, 0.25) is 0 Å². The molecule has 3 nitrogen and oxygen atoms in total. The second kappa shape index (κ2) is 4.47. The van der Waals surface area contributed by atoms with Crippen LogP contribution in [-0.4, -0.2) is 30.3 Å². The lowest BCUT2D eigenvalue weighted by Crippen LogP contribution is -2.06. The number of aromatic nitrogens is 1. The lowest BCUT2D eigenvalue weighted by atomic mass is 10.3. The molecular weight excluding hydrogens is 293 g/mol. The minimum Gasteiger partial charge on any atom is -0.369 e. The molecule has 0 atom stereocenters. The van der Waals surface area contributed by atoms with Crippen molar-refractivity contribution in [2.24, 2.45) is 4.99 Å². The van der Waals surface area contributed by atoms with E-state index in [1.54, 1.807) is 17.3 Å². The van der Waals surface area contributed by atoms with E-state index in [0.717, 1.165) is 4.47 Å². The Morgan fingerprint density at radius 3 is 2.88 bits per heavy atom. The van der Waals surface area contributed by atoms with Gasteiger partial charge in [-0.3, -0.25) is 0 Å². The Bertz CT molecular complexity index is 511. The molecule has 16 heavy (non-hydrogen) atoms. The minimum atomic E-state index is -0.262. The number of thiazole rings is 1. The zero-order chi connectivity index (χ0) is 11.7. The lowest BCUT2D eigenvalue weighted by molar-refractivity contribution is 0.641. The molecule has 1 aromatic carbocycles. The second-order valence-electron chi connectivity index (χ2n) is 3.41. The van der Waals surface area contributed by atoms with Gasteiger partial charge in [0.15, 0.2) is 0 Å². The molecule has 0 bridgehead atoms. The molecule has 1 aromatic heterocycles. The standard InChI is InChI=1S/C10H9BrFN3S/c1-15(2)5-13-10-14-8-6(11)3-4-7(12)9(8)16-10/h3-5H,1-2H3. The summed E-state index contributed by atoms with van der Waals surface area (Å²) in [6.45, 7) is 0. The fourth-order valence-electron chi connectivity index (χ4n) is 1.15. The van der Waals surface area contributed by atoms with Crippen LogP contribution in [0.1, 0.15) is 0 Å². The number of hydrogen-bond acceptors (Lipinski definition) is 3. The summed E-state index contributed by atoms with van der Waals surface area (Å²) < 4.78 is 14.8. The summed E-state index contributed by atoms with van der Waals surface area (Å²) in [5.74, 6) is -0.262. The van der Waals surface area contributed by atoms with Gasteiger partial charge in [-0.15, -0.1) is 0 Å². The van der Waals surface area contributed by atoms with Gasteiger partial charge in [-0.2, -0.15) is 0 Å². The van der Waals surface area contributed by atoms with Crippen LogP contribution in [0.5, 0.6) is 0 Å². The number of benzene rings is 1. The van der Waals surface area contributed by atoms with Crippen LogP contribution in [0.3, 0.4) is 0 Å². The largest absolute Gasteiger partial charge is 0.369 e. The van der Waals surface area contributed by atoms with Crippen molar-refractivity contribution >= 4 is 49.0 Å². The van der Waals surface area contributed by atoms with E-state index < -0.39 is 0 Å². The first-order valence-electron chi connectivity index (χ1n) is 4.53. The van der Waals surface area contributed by atoms with Crippen molar-refractivity contribution in [3.05, 3.63) is 22.4 Å². The van der Waals surface area contributed by atoms with Gasteiger partial charge in [0.05, 0.1) is 11.0 Å². The van der Waals surface area contributed by atoms with Crippen LogP contribution in [0.4, 0.5) is 9.52 Å². The fourth-order valence-corrected chi connectivity index (χ4v) is 2.54. The molecule has 2 rings (SSSR count). The number of hydrogen-bond donors (Lipinski definition) is 0. The third-order valence-electron chi connectivity index (χ3n) is 1.83. The number of aliphatic imine (C=N–C) groups is 1. The number of fused-ring (bicyclic) bond motifs is 1. The Kier molecular flexibility index (Phi) is 3.20. The van der Waals surface area contributed by atoms with Gasteiger partial charge < -0.3 is 4.90 Å². The molecule has 2 aromatic rings. The van der Waals surface area contributed by atoms with Gasteiger partial charge in [0, 0.05) is 18.6 Å². The molecule has 0 amide bonds. The second-order valence-corrected chi connectivity index (χ2v) is 5.24. The molecule has 0 fully saturated rings. The number of rotatable bonds is 2. The number of nitrogens with zero attached hydrogens (tertiary/aromatic N) is 3. The van der Waals surface area contributed by atoms with E-state index in [-0.39, 0.29) is 5.82 Å². The molecular formula is C10H9BrFN3S. The molecule has 0 spiro atoms. The Balaban J connectivity index is 2.51. The highest BCUT2D eigenvalue weighted by Gasteiger charge is 2.10. The highest BCUT2D eigenvalue weighted by Crippen LogP contribution is 2.34. The zero-order valence-electron chi connectivity index (χ0n) is 8.74. The predicted octanol–water partition coefficient (Wildman–Crippen LogP) is 3.42. The Hall–Kier alpha value is -1.01.